The quantitative estimate of drug-likeness (QED) is 0.0499. The molecule has 2 amide bonds. The molecule has 0 heterocycles. The van der Waals surface area contributed by atoms with Crippen molar-refractivity contribution in [3.8, 4) is 0 Å². The molecule has 11 heteroatoms. The standard InChI is InChI=1S/C29H53NO6.C6H14N2O2/c1-3-5-7-9-11-13-15-17-19-21-26(31)30(25(29(35)36)23-24-28(33)34)27(32)22-20-18-16-14-12-10-8-6-4-2;7-4-2-1-3-5(8)6(9)10/h25H,3-24H2,1-2H3,(H,33,34)(H,35,36);5H,1-4,7-8H2,(H,9,10)/t25-;5-/m00/s1. The third-order valence-corrected chi connectivity index (χ3v) is 8.04. The molecule has 7 N–H and O–H groups in total. The number of carboxylic acid groups (broad SMARTS) is 3. The molecule has 0 fully saturated rings. The van der Waals surface area contributed by atoms with Gasteiger partial charge in [0, 0.05) is 19.3 Å². The van der Waals surface area contributed by atoms with Gasteiger partial charge in [-0.3, -0.25) is 24.1 Å². The number of rotatable bonds is 30. The van der Waals surface area contributed by atoms with Crippen LogP contribution in [0.15, 0.2) is 0 Å². The van der Waals surface area contributed by atoms with Gasteiger partial charge in [-0.05, 0) is 38.6 Å². The Bertz CT molecular complexity index is 775. The molecule has 0 aromatic rings. The zero-order valence-electron chi connectivity index (χ0n) is 29.0. The highest BCUT2D eigenvalue weighted by Crippen LogP contribution is 2.18. The van der Waals surface area contributed by atoms with Crippen LogP contribution in [0.2, 0.25) is 0 Å². The lowest BCUT2D eigenvalue weighted by molar-refractivity contribution is -0.159. The van der Waals surface area contributed by atoms with E-state index in [0.717, 1.165) is 56.3 Å². The molecule has 0 aliphatic rings. The summed E-state index contributed by atoms with van der Waals surface area (Å²) in [7, 11) is 0. The lowest BCUT2D eigenvalue weighted by atomic mass is 10.0. The summed E-state index contributed by atoms with van der Waals surface area (Å²) in [4.78, 5) is 59.8. The van der Waals surface area contributed by atoms with Gasteiger partial charge in [-0.2, -0.15) is 0 Å². The van der Waals surface area contributed by atoms with E-state index < -0.39 is 48.2 Å². The maximum absolute atomic E-state index is 12.9. The summed E-state index contributed by atoms with van der Waals surface area (Å²) >= 11 is 0. The van der Waals surface area contributed by atoms with E-state index in [1.54, 1.807) is 0 Å². The van der Waals surface area contributed by atoms with E-state index >= 15 is 0 Å². The molecule has 0 rings (SSSR count). The number of imide groups is 1. The van der Waals surface area contributed by atoms with Crippen LogP contribution >= 0.6 is 0 Å². The van der Waals surface area contributed by atoms with Crippen molar-refractivity contribution in [3.05, 3.63) is 0 Å². The molecule has 0 bridgehead atoms. The third kappa shape index (κ3) is 27.8. The van der Waals surface area contributed by atoms with Gasteiger partial charge < -0.3 is 26.8 Å². The van der Waals surface area contributed by atoms with E-state index in [4.69, 9.17) is 21.7 Å². The van der Waals surface area contributed by atoms with Crippen LogP contribution in [-0.2, 0) is 24.0 Å². The average Bonchev–Trinajstić information content (AvgIpc) is 3.01. The van der Waals surface area contributed by atoms with Crippen molar-refractivity contribution in [2.24, 2.45) is 11.5 Å². The summed E-state index contributed by atoms with van der Waals surface area (Å²) in [5, 5.41) is 27.0. The zero-order chi connectivity index (χ0) is 35.0. The summed E-state index contributed by atoms with van der Waals surface area (Å²) in [6.45, 7) is 4.99. The molecular formula is C35H67N3O8. The predicted octanol–water partition coefficient (Wildman–Crippen LogP) is 7.03. The lowest BCUT2D eigenvalue weighted by Gasteiger charge is -2.27. The predicted molar refractivity (Wildman–Crippen MR) is 182 cm³/mol. The maximum atomic E-state index is 12.9. The Kier molecular flexibility index (Phi) is 32.1. The number of nitrogens with zero attached hydrogens (tertiary/aromatic N) is 1. The molecule has 0 spiro atoms. The van der Waals surface area contributed by atoms with Crippen LogP contribution in [-0.4, -0.2) is 68.6 Å². The minimum atomic E-state index is -1.42. The molecule has 0 saturated heterocycles. The smallest absolute Gasteiger partial charge is 0.326 e. The van der Waals surface area contributed by atoms with Gasteiger partial charge >= 0.3 is 17.9 Å². The molecule has 2 atom stereocenters. The molecule has 0 aromatic carbocycles. The highest BCUT2D eigenvalue weighted by atomic mass is 16.4. The van der Waals surface area contributed by atoms with E-state index in [0.29, 0.717) is 25.8 Å². The number of hydrogen-bond donors (Lipinski definition) is 5. The van der Waals surface area contributed by atoms with Gasteiger partial charge in [0.25, 0.3) is 0 Å². The first-order valence-corrected chi connectivity index (χ1v) is 18.0. The SMILES string of the molecule is CCCCCCCCCCCC(=O)N(C(=O)CCCCCCCCCCC)[C@@H](CCC(=O)O)C(=O)O.NCCCC[C@H](N)C(=O)O. The fourth-order valence-electron chi connectivity index (χ4n) is 5.16. The number of carboxylic acids is 3. The Balaban J connectivity index is 0. The van der Waals surface area contributed by atoms with Crippen molar-refractivity contribution < 1.29 is 39.3 Å². The van der Waals surface area contributed by atoms with Crippen molar-refractivity contribution in [1.29, 1.82) is 0 Å². The Morgan fingerprint density at radius 1 is 0.522 bits per heavy atom. The number of hydrogen-bond acceptors (Lipinski definition) is 7. The van der Waals surface area contributed by atoms with Crippen LogP contribution < -0.4 is 11.5 Å². The minimum Gasteiger partial charge on any atom is -0.481 e. The topological polar surface area (TPSA) is 201 Å². The van der Waals surface area contributed by atoms with Crippen molar-refractivity contribution >= 4 is 29.7 Å². The summed E-state index contributed by atoms with van der Waals surface area (Å²) in [5.74, 6) is -4.37. The van der Waals surface area contributed by atoms with Gasteiger partial charge in [-0.15, -0.1) is 0 Å². The van der Waals surface area contributed by atoms with E-state index in [9.17, 15) is 29.1 Å². The first-order chi connectivity index (χ1) is 22.0. The maximum Gasteiger partial charge on any atom is 0.326 e. The van der Waals surface area contributed by atoms with Gasteiger partial charge in [0.15, 0.2) is 0 Å². The second kappa shape index (κ2) is 32.4. The molecule has 0 aromatic heterocycles. The number of nitrogens with two attached hydrogens (primary N) is 2. The van der Waals surface area contributed by atoms with Crippen LogP contribution in [0.5, 0.6) is 0 Å². The van der Waals surface area contributed by atoms with Gasteiger partial charge in [0.05, 0.1) is 0 Å². The van der Waals surface area contributed by atoms with Crippen molar-refractivity contribution in [2.75, 3.05) is 6.54 Å². The molecule has 0 saturated carbocycles. The lowest BCUT2D eigenvalue weighted by Crippen LogP contribution is -2.48. The van der Waals surface area contributed by atoms with Crippen LogP contribution in [0.1, 0.15) is 174 Å². The first-order valence-electron chi connectivity index (χ1n) is 18.0. The largest absolute Gasteiger partial charge is 0.481 e. The molecular weight excluding hydrogens is 590 g/mol. The number of unbranched alkanes of at least 4 members (excludes halogenated alkanes) is 17. The average molecular weight is 658 g/mol. The highest BCUT2D eigenvalue weighted by molar-refractivity contribution is 5.99. The Labute approximate surface area is 278 Å². The normalized spacial score (nSPS) is 12.1. The summed E-state index contributed by atoms with van der Waals surface area (Å²) in [6.07, 6.45) is 21.3. The second-order valence-electron chi connectivity index (χ2n) is 12.3. The monoisotopic (exact) mass is 657 g/mol. The third-order valence-electron chi connectivity index (χ3n) is 8.04. The minimum absolute atomic E-state index is 0.121. The fraction of sp³-hybridized carbons (Fsp3) is 0.857. The molecule has 11 nitrogen and oxygen atoms in total. The van der Waals surface area contributed by atoms with E-state index in [1.165, 1.54) is 64.2 Å². The van der Waals surface area contributed by atoms with Gasteiger partial charge in [-0.1, -0.05) is 123 Å². The first kappa shape index (κ1) is 45.6. The van der Waals surface area contributed by atoms with E-state index in [-0.39, 0.29) is 19.3 Å². The Morgan fingerprint density at radius 2 is 0.913 bits per heavy atom. The zero-order valence-corrected chi connectivity index (χ0v) is 29.0. The fourth-order valence-corrected chi connectivity index (χ4v) is 5.16. The second-order valence-corrected chi connectivity index (χ2v) is 12.3. The Hall–Kier alpha value is -2.53. The van der Waals surface area contributed by atoms with Crippen molar-refractivity contribution in [1.82, 2.24) is 4.90 Å². The molecule has 270 valence electrons. The molecule has 0 radical (unpaired) electrons. The Morgan fingerprint density at radius 3 is 1.24 bits per heavy atom. The number of carbonyl (C=O) groups excluding carboxylic acids is 2. The number of amides is 2. The van der Waals surface area contributed by atoms with Gasteiger partial charge in [0.2, 0.25) is 11.8 Å². The molecule has 46 heavy (non-hydrogen) atoms. The summed E-state index contributed by atoms with van der Waals surface area (Å²) in [5.41, 5.74) is 10.4. The number of carbonyl (C=O) groups is 5. The van der Waals surface area contributed by atoms with Crippen LogP contribution in [0.3, 0.4) is 0 Å². The molecule has 0 unspecified atom stereocenters. The van der Waals surface area contributed by atoms with Crippen LogP contribution in [0.25, 0.3) is 0 Å². The highest BCUT2D eigenvalue weighted by Gasteiger charge is 2.34. The molecule has 0 aliphatic heterocycles. The summed E-state index contributed by atoms with van der Waals surface area (Å²) < 4.78 is 0. The van der Waals surface area contributed by atoms with Crippen molar-refractivity contribution in [3.63, 3.8) is 0 Å². The van der Waals surface area contributed by atoms with E-state index in [1.807, 2.05) is 0 Å². The van der Waals surface area contributed by atoms with Gasteiger partial charge in [-0.25, -0.2) is 4.79 Å². The van der Waals surface area contributed by atoms with Crippen molar-refractivity contribution in [2.45, 2.75) is 186 Å². The summed E-state index contributed by atoms with van der Waals surface area (Å²) in [6, 6.07) is -2.13. The van der Waals surface area contributed by atoms with Crippen LogP contribution in [0, 0.1) is 0 Å². The van der Waals surface area contributed by atoms with Crippen LogP contribution in [0.4, 0.5) is 0 Å². The van der Waals surface area contributed by atoms with Gasteiger partial charge in [0.1, 0.15) is 12.1 Å². The molecule has 0 aliphatic carbocycles. The van der Waals surface area contributed by atoms with E-state index in [2.05, 4.69) is 13.8 Å². The number of aliphatic carboxylic acids is 3.